The molecule has 0 aliphatic rings. The van der Waals surface area contributed by atoms with E-state index in [1.807, 2.05) is 42.5 Å². The summed E-state index contributed by atoms with van der Waals surface area (Å²) in [7, 11) is 0. The first-order valence-electron chi connectivity index (χ1n) is 9.95. The Morgan fingerprint density at radius 1 is 0.971 bits per heavy atom. The van der Waals surface area contributed by atoms with E-state index >= 15 is 0 Å². The van der Waals surface area contributed by atoms with E-state index in [1.165, 1.54) is 47.4 Å². The van der Waals surface area contributed by atoms with Crippen LogP contribution in [0.5, 0.6) is 11.6 Å². The Hall–Kier alpha value is -3.90. The molecule has 7 nitrogen and oxygen atoms in total. The normalized spacial score (nSPS) is 11.5. The van der Waals surface area contributed by atoms with Crippen LogP contribution in [0.1, 0.15) is 0 Å². The van der Waals surface area contributed by atoms with Crippen molar-refractivity contribution in [1.82, 2.24) is 19.7 Å². The van der Waals surface area contributed by atoms with Crippen LogP contribution in [0.25, 0.3) is 27.4 Å². The average Bonchev–Trinajstić information content (AvgIpc) is 3.45. The highest BCUT2D eigenvalue weighted by atomic mass is 32.2. The minimum Gasteiger partial charge on any atom is -0.409 e. The topological polar surface area (TPSA) is 79.1 Å². The number of aromatic nitrogens is 4. The van der Waals surface area contributed by atoms with Gasteiger partial charge in [0.2, 0.25) is 11.0 Å². The Morgan fingerprint density at radius 3 is 2.46 bits per heavy atom. The number of carbonyl (C=O) groups is 1. The fourth-order valence-corrected chi connectivity index (χ4v) is 4.73. The van der Waals surface area contributed by atoms with Crippen molar-refractivity contribution in [2.45, 2.75) is 16.3 Å². The highest BCUT2D eigenvalue weighted by Crippen LogP contribution is 2.34. The zero-order valence-corrected chi connectivity index (χ0v) is 19.1. The van der Waals surface area contributed by atoms with Crippen molar-refractivity contribution < 1.29 is 27.4 Å². The molecule has 0 saturated carbocycles. The number of halogens is 3. The lowest BCUT2D eigenvalue weighted by atomic mass is 10.1. The molecule has 5 aromatic rings. The van der Waals surface area contributed by atoms with Gasteiger partial charge in [0.05, 0.1) is 5.38 Å². The second kappa shape index (κ2) is 9.39. The lowest BCUT2D eigenvalue weighted by molar-refractivity contribution is -0.274. The Balaban J connectivity index is 1.53. The maximum Gasteiger partial charge on any atom is 0.573 e. The zero-order valence-electron chi connectivity index (χ0n) is 17.5. The molecule has 0 fully saturated rings. The van der Waals surface area contributed by atoms with Crippen molar-refractivity contribution in [2.24, 2.45) is 0 Å². The summed E-state index contributed by atoms with van der Waals surface area (Å²) in [5.74, 6) is -0.149. The largest absolute Gasteiger partial charge is 0.573 e. The van der Waals surface area contributed by atoms with E-state index in [0.29, 0.717) is 32.9 Å². The fourth-order valence-electron chi connectivity index (χ4n) is 3.26. The van der Waals surface area contributed by atoms with E-state index in [0.717, 1.165) is 10.9 Å². The molecule has 0 amide bonds. The summed E-state index contributed by atoms with van der Waals surface area (Å²) in [6.45, 7) is 0.299. The van der Waals surface area contributed by atoms with Crippen molar-refractivity contribution in [2.75, 3.05) is 0 Å². The van der Waals surface area contributed by atoms with Crippen molar-refractivity contribution in [1.29, 1.82) is 0 Å². The second-order valence-corrected chi connectivity index (χ2v) is 8.88. The maximum absolute atomic E-state index is 12.4. The van der Waals surface area contributed by atoms with Gasteiger partial charge >= 0.3 is 6.36 Å². The van der Waals surface area contributed by atoms with Gasteiger partial charge in [-0.2, -0.15) is 14.8 Å². The molecule has 0 aliphatic heterocycles. The van der Waals surface area contributed by atoms with E-state index in [2.05, 4.69) is 9.72 Å². The molecule has 0 spiro atoms. The van der Waals surface area contributed by atoms with E-state index in [-0.39, 0.29) is 11.6 Å². The monoisotopic (exact) mass is 514 g/mol. The SMILES string of the molecule is O=COc1csc(-n2nc(-c3ccccc3)c3ccc(Sc4ccc(OC(F)(F)F)cc4)nc32)n1. The second-order valence-electron chi connectivity index (χ2n) is 6.95. The van der Waals surface area contributed by atoms with Crippen LogP contribution < -0.4 is 9.47 Å². The molecule has 0 unspecified atom stereocenters. The molecule has 35 heavy (non-hydrogen) atoms. The first kappa shape index (κ1) is 22.9. The molecular formula is C23H13F3N4O3S2. The number of hydrogen-bond acceptors (Lipinski definition) is 8. The first-order valence-corrected chi connectivity index (χ1v) is 11.6. The van der Waals surface area contributed by atoms with E-state index in [1.54, 1.807) is 10.1 Å². The van der Waals surface area contributed by atoms with Crippen LogP contribution in [-0.2, 0) is 4.79 Å². The summed E-state index contributed by atoms with van der Waals surface area (Å²) < 4.78 is 47.5. The van der Waals surface area contributed by atoms with E-state index < -0.39 is 6.36 Å². The molecule has 2 aromatic carbocycles. The molecular weight excluding hydrogens is 501 g/mol. The van der Waals surface area contributed by atoms with Gasteiger partial charge in [0.15, 0.2) is 5.65 Å². The highest BCUT2D eigenvalue weighted by Gasteiger charge is 2.31. The smallest absolute Gasteiger partial charge is 0.409 e. The van der Waals surface area contributed by atoms with Crippen LogP contribution in [0.3, 0.4) is 0 Å². The van der Waals surface area contributed by atoms with Gasteiger partial charge in [-0.05, 0) is 36.4 Å². The van der Waals surface area contributed by atoms with Crippen LogP contribution in [0.4, 0.5) is 13.2 Å². The van der Waals surface area contributed by atoms with Gasteiger partial charge in [-0.15, -0.1) is 13.2 Å². The number of fused-ring (bicyclic) bond motifs is 1. The Kier molecular flexibility index (Phi) is 6.14. The summed E-state index contributed by atoms with van der Waals surface area (Å²) in [5, 5.41) is 8.15. The van der Waals surface area contributed by atoms with Crippen molar-refractivity contribution in [3.8, 4) is 28.0 Å². The van der Waals surface area contributed by atoms with Crippen LogP contribution in [0.2, 0.25) is 0 Å². The molecule has 12 heteroatoms. The molecule has 0 aliphatic carbocycles. The van der Waals surface area contributed by atoms with Gasteiger partial charge in [0.25, 0.3) is 6.47 Å². The number of benzene rings is 2. The molecule has 0 bridgehead atoms. The van der Waals surface area contributed by atoms with Crippen LogP contribution in [0, 0.1) is 0 Å². The predicted octanol–water partition coefficient (Wildman–Crippen LogP) is 6.13. The molecule has 3 aromatic heterocycles. The quantitative estimate of drug-likeness (QED) is 0.242. The third kappa shape index (κ3) is 5.12. The van der Waals surface area contributed by atoms with Gasteiger partial charge in [0.1, 0.15) is 16.5 Å². The van der Waals surface area contributed by atoms with Crippen LogP contribution in [0.15, 0.2) is 82.0 Å². The number of carbonyl (C=O) groups excluding carboxylic acids is 1. The number of thiazole rings is 1. The zero-order chi connectivity index (χ0) is 24.4. The molecule has 0 saturated heterocycles. The minimum absolute atomic E-state index is 0.150. The molecule has 0 N–H and O–H groups in total. The van der Waals surface area contributed by atoms with E-state index in [4.69, 9.17) is 14.8 Å². The number of alkyl halides is 3. The van der Waals surface area contributed by atoms with Crippen molar-refractivity contribution in [3.05, 3.63) is 72.1 Å². The summed E-state index contributed by atoms with van der Waals surface area (Å²) >= 11 is 2.51. The number of pyridine rings is 1. The number of rotatable bonds is 7. The maximum atomic E-state index is 12.4. The standard InChI is InChI=1S/C23H13F3N4O3S2/c24-23(25,26)33-15-6-8-16(9-7-15)35-19-11-10-17-20(14-4-2-1-3-5-14)29-30(21(17)28-19)22-27-18(12-34-22)32-13-31/h1-13H. The molecule has 3 heterocycles. The van der Waals surface area contributed by atoms with E-state index in [9.17, 15) is 18.0 Å². The third-order valence-electron chi connectivity index (χ3n) is 4.65. The summed E-state index contributed by atoms with van der Waals surface area (Å²) in [6.07, 6.45) is -4.75. The lowest BCUT2D eigenvalue weighted by Gasteiger charge is -2.09. The molecule has 176 valence electrons. The van der Waals surface area contributed by atoms with Crippen LogP contribution >= 0.6 is 23.1 Å². The highest BCUT2D eigenvalue weighted by molar-refractivity contribution is 7.99. The Labute approximate surface area is 204 Å². The first-order chi connectivity index (χ1) is 16.9. The van der Waals surface area contributed by atoms with Gasteiger partial charge < -0.3 is 9.47 Å². The predicted molar refractivity (Wildman–Crippen MR) is 124 cm³/mol. The number of ether oxygens (including phenoxy) is 2. The van der Waals surface area contributed by atoms with Gasteiger partial charge in [-0.3, -0.25) is 4.79 Å². The number of hydrogen-bond donors (Lipinski definition) is 0. The van der Waals surface area contributed by atoms with Gasteiger partial charge in [-0.1, -0.05) is 53.4 Å². The van der Waals surface area contributed by atoms with Gasteiger partial charge in [-0.25, -0.2) is 4.98 Å². The Bertz CT molecular complexity index is 1490. The third-order valence-corrected chi connectivity index (χ3v) is 6.39. The average molecular weight is 515 g/mol. The summed E-state index contributed by atoms with van der Waals surface area (Å²) in [6, 6.07) is 18.8. The minimum atomic E-state index is -4.75. The summed E-state index contributed by atoms with van der Waals surface area (Å²) in [4.78, 5) is 20.4. The van der Waals surface area contributed by atoms with Crippen molar-refractivity contribution in [3.63, 3.8) is 0 Å². The molecule has 0 atom stereocenters. The number of nitrogens with zero attached hydrogens (tertiary/aromatic N) is 4. The lowest BCUT2D eigenvalue weighted by Crippen LogP contribution is -2.16. The van der Waals surface area contributed by atoms with Crippen LogP contribution in [-0.4, -0.2) is 32.6 Å². The summed E-state index contributed by atoms with van der Waals surface area (Å²) in [5.41, 5.74) is 2.11. The fraction of sp³-hybridized carbons (Fsp3) is 0.0435. The molecule has 0 radical (unpaired) electrons. The van der Waals surface area contributed by atoms with Gasteiger partial charge in [0, 0.05) is 15.8 Å². The van der Waals surface area contributed by atoms with Crippen molar-refractivity contribution >= 4 is 40.6 Å². The molecule has 5 rings (SSSR count). The Morgan fingerprint density at radius 2 is 1.74 bits per heavy atom.